The number of ether oxygens (including phenoxy) is 1. The Labute approximate surface area is 129 Å². The van der Waals surface area contributed by atoms with E-state index in [0.717, 1.165) is 22.5 Å². The highest BCUT2D eigenvalue weighted by atomic mass is 127. The van der Waals surface area contributed by atoms with Crippen molar-refractivity contribution in [1.82, 2.24) is 0 Å². The number of nitrogens with one attached hydrogen (secondary N) is 1. The molecule has 2 rings (SSSR count). The normalized spacial score (nSPS) is 10.2. The van der Waals surface area contributed by atoms with Crippen molar-refractivity contribution < 1.29 is 4.74 Å². The Balaban J connectivity index is 2.09. The minimum absolute atomic E-state index is 0.781. The van der Waals surface area contributed by atoms with Crippen LogP contribution in [0.15, 0.2) is 46.9 Å². The summed E-state index contributed by atoms with van der Waals surface area (Å²) in [6.07, 6.45) is 0. The molecule has 0 fully saturated rings. The molecule has 0 aromatic heterocycles. The van der Waals surface area contributed by atoms with Crippen LogP contribution in [0, 0.1) is 3.57 Å². The van der Waals surface area contributed by atoms with Gasteiger partial charge in [0.1, 0.15) is 5.75 Å². The van der Waals surface area contributed by atoms with Gasteiger partial charge < -0.3 is 10.1 Å². The Morgan fingerprint density at radius 3 is 2.56 bits per heavy atom. The van der Waals surface area contributed by atoms with E-state index in [1.54, 1.807) is 7.11 Å². The molecule has 0 atom stereocenters. The van der Waals surface area contributed by atoms with Gasteiger partial charge in [-0.3, -0.25) is 0 Å². The Morgan fingerprint density at radius 1 is 1.17 bits per heavy atom. The zero-order valence-corrected chi connectivity index (χ0v) is 13.7. The highest BCUT2D eigenvalue weighted by molar-refractivity contribution is 14.1. The molecule has 0 radical (unpaired) electrons. The molecule has 0 saturated carbocycles. The molecule has 0 aliphatic carbocycles. The standard InChI is InChI=1S/C14H13BrINO/c1-18-14-7-4-11(15)8-13(14)17-9-10-2-5-12(16)6-3-10/h2-8,17H,9H2,1H3. The van der Waals surface area contributed by atoms with Crippen molar-refractivity contribution in [1.29, 1.82) is 0 Å². The van der Waals surface area contributed by atoms with Gasteiger partial charge in [0.25, 0.3) is 0 Å². The van der Waals surface area contributed by atoms with Crippen LogP contribution in [-0.2, 0) is 6.54 Å². The van der Waals surface area contributed by atoms with Crippen LogP contribution < -0.4 is 10.1 Å². The fraction of sp³-hybridized carbons (Fsp3) is 0.143. The third-order valence-corrected chi connectivity index (χ3v) is 3.77. The van der Waals surface area contributed by atoms with Gasteiger partial charge in [-0.2, -0.15) is 0 Å². The number of hydrogen-bond donors (Lipinski definition) is 1. The van der Waals surface area contributed by atoms with Gasteiger partial charge in [-0.05, 0) is 58.5 Å². The van der Waals surface area contributed by atoms with Crippen LogP contribution in [0.4, 0.5) is 5.69 Å². The summed E-state index contributed by atoms with van der Waals surface area (Å²) in [7, 11) is 1.68. The molecule has 0 saturated heterocycles. The van der Waals surface area contributed by atoms with E-state index >= 15 is 0 Å². The van der Waals surface area contributed by atoms with Gasteiger partial charge in [-0.15, -0.1) is 0 Å². The topological polar surface area (TPSA) is 21.3 Å². The lowest BCUT2D eigenvalue weighted by Gasteiger charge is -2.11. The molecule has 2 aromatic rings. The van der Waals surface area contributed by atoms with Crippen LogP contribution in [0.5, 0.6) is 5.75 Å². The Bertz CT molecular complexity index is 528. The Hall–Kier alpha value is -0.750. The van der Waals surface area contributed by atoms with Gasteiger partial charge in [0.15, 0.2) is 0 Å². The van der Waals surface area contributed by atoms with Crippen molar-refractivity contribution in [3.05, 3.63) is 56.1 Å². The lowest BCUT2D eigenvalue weighted by molar-refractivity contribution is 0.416. The molecule has 0 unspecified atom stereocenters. The molecule has 1 N–H and O–H groups in total. The van der Waals surface area contributed by atoms with Crippen molar-refractivity contribution in [2.24, 2.45) is 0 Å². The van der Waals surface area contributed by atoms with E-state index in [4.69, 9.17) is 4.74 Å². The maximum absolute atomic E-state index is 5.32. The number of halogens is 2. The van der Waals surface area contributed by atoms with E-state index in [0.29, 0.717) is 0 Å². The predicted molar refractivity (Wildman–Crippen MR) is 87.2 cm³/mol. The third kappa shape index (κ3) is 3.62. The van der Waals surface area contributed by atoms with Crippen LogP contribution >= 0.6 is 38.5 Å². The molecule has 0 aliphatic heterocycles. The van der Waals surface area contributed by atoms with E-state index in [-0.39, 0.29) is 0 Å². The largest absolute Gasteiger partial charge is 0.495 e. The van der Waals surface area contributed by atoms with Crippen molar-refractivity contribution in [2.45, 2.75) is 6.54 Å². The summed E-state index contributed by atoms with van der Waals surface area (Å²) >= 11 is 5.77. The summed E-state index contributed by atoms with van der Waals surface area (Å²) < 4.78 is 7.61. The molecule has 0 heterocycles. The Morgan fingerprint density at radius 2 is 1.89 bits per heavy atom. The molecule has 0 aliphatic rings. The lowest BCUT2D eigenvalue weighted by atomic mass is 10.2. The first-order valence-corrected chi connectivity index (χ1v) is 7.38. The third-order valence-electron chi connectivity index (χ3n) is 2.56. The summed E-state index contributed by atoms with van der Waals surface area (Å²) in [5, 5.41) is 3.38. The number of benzene rings is 2. The summed E-state index contributed by atoms with van der Waals surface area (Å²) in [5.74, 6) is 0.851. The van der Waals surface area contributed by atoms with Crippen LogP contribution in [-0.4, -0.2) is 7.11 Å². The van der Waals surface area contributed by atoms with E-state index in [1.807, 2.05) is 18.2 Å². The number of anilines is 1. The number of methoxy groups -OCH3 is 1. The zero-order valence-electron chi connectivity index (χ0n) is 9.91. The molecule has 94 valence electrons. The molecule has 4 heteroatoms. The van der Waals surface area contributed by atoms with Crippen LogP contribution in [0.25, 0.3) is 0 Å². The quantitative estimate of drug-likeness (QED) is 0.729. The van der Waals surface area contributed by atoms with Gasteiger partial charge >= 0.3 is 0 Å². The van der Waals surface area contributed by atoms with Crippen molar-refractivity contribution in [2.75, 3.05) is 12.4 Å². The van der Waals surface area contributed by atoms with E-state index in [2.05, 4.69) is 68.1 Å². The van der Waals surface area contributed by atoms with Crippen molar-refractivity contribution in [3.8, 4) is 5.75 Å². The van der Waals surface area contributed by atoms with Gasteiger partial charge in [0.2, 0.25) is 0 Å². The minimum atomic E-state index is 0.781. The second kappa shape index (κ2) is 6.43. The van der Waals surface area contributed by atoms with E-state index < -0.39 is 0 Å². The van der Waals surface area contributed by atoms with Gasteiger partial charge in [-0.1, -0.05) is 28.1 Å². The molecule has 2 aromatic carbocycles. The average Bonchev–Trinajstić information content (AvgIpc) is 2.38. The maximum atomic E-state index is 5.32. The Kier molecular flexibility index (Phi) is 4.88. The van der Waals surface area contributed by atoms with Crippen molar-refractivity contribution >= 4 is 44.2 Å². The fourth-order valence-corrected chi connectivity index (χ4v) is 2.34. The van der Waals surface area contributed by atoms with Crippen molar-refractivity contribution in [3.63, 3.8) is 0 Å². The monoisotopic (exact) mass is 417 g/mol. The summed E-state index contributed by atoms with van der Waals surface area (Å²) in [6.45, 7) is 0.781. The first-order valence-electron chi connectivity index (χ1n) is 5.51. The SMILES string of the molecule is COc1ccc(Br)cc1NCc1ccc(I)cc1. The summed E-state index contributed by atoms with van der Waals surface area (Å²) in [5.41, 5.74) is 2.24. The molecule has 0 spiro atoms. The fourth-order valence-electron chi connectivity index (χ4n) is 1.62. The van der Waals surface area contributed by atoms with Crippen LogP contribution in [0.3, 0.4) is 0 Å². The number of hydrogen-bond acceptors (Lipinski definition) is 2. The van der Waals surface area contributed by atoms with Gasteiger partial charge in [0.05, 0.1) is 12.8 Å². The smallest absolute Gasteiger partial charge is 0.142 e. The second-order valence-corrected chi connectivity index (χ2v) is 5.99. The molecule has 2 nitrogen and oxygen atoms in total. The van der Waals surface area contributed by atoms with Crippen LogP contribution in [0.1, 0.15) is 5.56 Å². The zero-order chi connectivity index (χ0) is 13.0. The van der Waals surface area contributed by atoms with E-state index in [1.165, 1.54) is 9.13 Å². The van der Waals surface area contributed by atoms with E-state index in [9.17, 15) is 0 Å². The first kappa shape index (κ1) is 13.7. The molecular formula is C14H13BrINO. The number of rotatable bonds is 4. The summed E-state index contributed by atoms with van der Waals surface area (Å²) in [4.78, 5) is 0. The molecular weight excluding hydrogens is 405 g/mol. The first-order chi connectivity index (χ1) is 8.69. The lowest BCUT2D eigenvalue weighted by Crippen LogP contribution is -2.01. The maximum Gasteiger partial charge on any atom is 0.142 e. The molecule has 18 heavy (non-hydrogen) atoms. The highest BCUT2D eigenvalue weighted by Crippen LogP contribution is 2.28. The van der Waals surface area contributed by atoms with Crippen LogP contribution in [0.2, 0.25) is 0 Å². The average molecular weight is 418 g/mol. The molecule has 0 amide bonds. The minimum Gasteiger partial charge on any atom is -0.495 e. The van der Waals surface area contributed by atoms with Gasteiger partial charge in [0, 0.05) is 14.6 Å². The molecule has 0 bridgehead atoms. The predicted octanol–water partition coefficient (Wildman–Crippen LogP) is 4.67. The van der Waals surface area contributed by atoms with Gasteiger partial charge in [-0.25, -0.2) is 0 Å². The highest BCUT2D eigenvalue weighted by Gasteiger charge is 2.03. The second-order valence-electron chi connectivity index (χ2n) is 3.82. The summed E-state index contributed by atoms with van der Waals surface area (Å²) in [6, 6.07) is 14.4.